The predicted octanol–water partition coefficient (Wildman–Crippen LogP) is 2.76. The minimum Gasteiger partial charge on any atom is -0.309 e. The van der Waals surface area contributed by atoms with Gasteiger partial charge in [-0.3, -0.25) is 4.79 Å². The van der Waals surface area contributed by atoms with E-state index in [9.17, 15) is 9.18 Å². The molecule has 16 heavy (non-hydrogen) atoms. The maximum atomic E-state index is 13.1. The zero-order valence-corrected chi connectivity index (χ0v) is 9.83. The van der Waals surface area contributed by atoms with Crippen LogP contribution in [0.5, 0.6) is 0 Å². The zero-order chi connectivity index (χ0) is 11.9. The Hall–Kier alpha value is -1.38. The van der Waals surface area contributed by atoms with Gasteiger partial charge in [-0.1, -0.05) is 6.92 Å². The van der Waals surface area contributed by atoms with E-state index in [2.05, 4.69) is 6.92 Å². The molecule has 0 radical (unpaired) electrons. The second-order valence-electron chi connectivity index (χ2n) is 4.58. The summed E-state index contributed by atoms with van der Waals surface area (Å²) in [6, 6.07) is 4.83. The summed E-state index contributed by atoms with van der Waals surface area (Å²) in [6.07, 6.45) is 0.831. The Balaban J connectivity index is 2.52. The summed E-state index contributed by atoms with van der Waals surface area (Å²) in [5, 5.41) is 0. The molecule has 86 valence electrons. The number of fused-ring (bicyclic) bond motifs is 1. The first-order valence-corrected chi connectivity index (χ1v) is 5.59. The average molecular weight is 221 g/mol. The van der Waals surface area contributed by atoms with Gasteiger partial charge in [0.25, 0.3) is 0 Å². The third kappa shape index (κ3) is 1.70. The normalized spacial score (nSPS) is 24.1. The Kier molecular flexibility index (Phi) is 2.70. The van der Waals surface area contributed by atoms with E-state index in [1.165, 1.54) is 12.1 Å². The standard InChI is InChI=1S/C13H16FNO/c1-8-6-11-7-12(14)4-5-13(11)15(9(8)2)10(3)16/h4-5,7-9H,6H2,1-3H3/t8?,9-/m0/s1. The highest BCUT2D eigenvalue weighted by Gasteiger charge is 2.31. The van der Waals surface area contributed by atoms with Crippen LogP contribution in [0.3, 0.4) is 0 Å². The van der Waals surface area contributed by atoms with Gasteiger partial charge in [0.15, 0.2) is 0 Å². The Bertz CT molecular complexity index is 430. The second-order valence-corrected chi connectivity index (χ2v) is 4.58. The molecule has 0 fully saturated rings. The maximum Gasteiger partial charge on any atom is 0.224 e. The Morgan fingerprint density at radius 2 is 2.12 bits per heavy atom. The predicted molar refractivity (Wildman–Crippen MR) is 61.9 cm³/mol. The lowest BCUT2D eigenvalue weighted by molar-refractivity contribution is -0.117. The number of rotatable bonds is 0. The molecule has 0 saturated carbocycles. The molecule has 1 unspecified atom stereocenters. The van der Waals surface area contributed by atoms with Crippen molar-refractivity contribution in [3.05, 3.63) is 29.6 Å². The van der Waals surface area contributed by atoms with Gasteiger partial charge >= 0.3 is 0 Å². The van der Waals surface area contributed by atoms with Gasteiger partial charge in [0.05, 0.1) is 0 Å². The fraction of sp³-hybridized carbons (Fsp3) is 0.462. The van der Waals surface area contributed by atoms with Crippen LogP contribution in [0.4, 0.5) is 10.1 Å². The van der Waals surface area contributed by atoms with Crippen molar-refractivity contribution in [2.24, 2.45) is 5.92 Å². The van der Waals surface area contributed by atoms with Gasteiger partial charge < -0.3 is 4.90 Å². The number of carbonyl (C=O) groups is 1. The fourth-order valence-corrected chi connectivity index (χ4v) is 2.40. The van der Waals surface area contributed by atoms with Gasteiger partial charge in [-0.05, 0) is 43.0 Å². The SMILES string of the molecule is CC(=O)N1c2ccc(F)cc2CC(C)[C@@H]1C. The molecule has 2 rings (SSSR count). The van der Waals surface area contributed by atoms with Crippen LogP contribution in [-0.2, 0) is 11.2 Å². The minimum atomic E-state index is -0.232. The smallest absolute Gasteiger partial charge is 0.224 e. The van der Waals surface area contributed by atoms with Crippen LogP contribution in [0.15, 0.2) is 18.2 Å². The first kappa shape index (κ1) is 11.1. The largest absolute Gasteiger partial charge is 0.309 e. The first-order valence-electron chi connectivity index (χ1n) is 5.59. The van der Waals surface area contributed by atoms with E-state index in [4.69, 9.17) is 0 Å². The van der Waals surface area contributed by atoms with Crippen LogP contribution in [-0.4, -0.2) is 11.9 Å². The van der Waals surface area contributed by atoms with Crippen molar-refractivity contribution in [3.8, 4) is 0 Å². The van der Waals surface area contributed by atoms with Crippen molar-refractivity contribution >= 4 is 11.6 Å². The first-order chi connectivity index (χ1) is 7.50. The number of carbonyl (C=O) groups excluding carboxylic acids is 1. The van der Waals surface area contributed by atoms with Crippen LogP contribution >= 0.6 is 0 Å². The lowest BCUT2D eigenvalue weighted by Gasteiger charge is -2.38. The van der Waals surface area contributed by atoms with Gasteiger partial charge in [-0.2, -0.15) is 0 Å². The van der Waals surface area contributed by atoms with Gasteiger partial charge in [0.2, 0.25) is 5.91 Å². The molecule has 0 saturated heterocycles. The van der Waals surface area contributed by atoms with E-state index < -0.39 is 0 Å². The molecule has 0 aromatic heterocycles. The van der Waals surface area contributed by atoms with Crippen molar-refractivity contribution in [1.82, 2.24) is 0 Å². The monoisotopic (exact) mass is 221 g/mol. The molecule has 1 aliphatic rings. The van der Waals surface area contributed by atoms with Crippen molar-refractivity contribution in [2.75, 3.05) is 4.90 Å². The summed E-state index contributed by atoms with van der Waals surface area (Å²) in [7, 11) is 0. The summed E-state index contributed by atoms with van der Waals surface area (Å²) < 4.78 is 13.1. The molecular formula is C13H16FNO. The van der Waals surface area contributed by atoms with E-state index >= 15 is 0 Å². The van der Waals surface area contributed by atoms with E-state index in [0.717, 1.165) is 17.7 Å². The molecule has 1 heterocycles. The molecule has 1 amide bonds. The molecule has 0 bridgehead atoms. The van der Waals surface area contributed by atoms with Gasteiger partial charge in [0.1, 0.15) is 5.82 Å². The number of amides is 1. The molecule has 2 atom stereocenters. The van der Waals surface area contributed by atoms with Crippen LogP contribution in [0.25, 0.3) is 0 Å². The lowest BCUT2D eigenvalue weighted by Crippen LogP contribution is -2.45. The Morgan fingerprint density at radius 3 is 2.75 bits per heavy atom. The van der Waals surface area contributed by atoms with E-state index in [0.29, 0.717) is 5.92 Å². The van der Waals surface area contributed by atoms with Gasteiger partial charge in [-0.25, -0.2) is 4.39 Å². The Labute approximate surface area is 95.1 Å². The maximum absolute atomic E-state index is 13.1. The number of nitrogens with zero attached hydrogens (tertiary/aromatic N) is 1. The molecule has 1 aliphatic heterocycles. The molecule has 3 heteroatoms. The number of hydrogen-bond donors (Lipinski definition) is 0. The third-order valence-electron chi connectivity index (χ3n) is 3.41. The Morgan fingerprint density at radius 1 is 1.44 bits per heavy atom. The average Bonchev–Trinajstić information content (AvgIpc) is 2.19. The fourth-order valence-electron chi connectivity index (χ4n) is 2.40. The van der Waals surface area contributed by atoms with Gasteiger partial charge in [0, 0.05) is 18.7 Å². The minimum absolute atomic E-state index is 0.0203. The quantitative estimate of drug-likeness (QED) is 0.659. The topological polar surface area (TPSA) is 20.3 Å². The van der Waals surface area contributed by atoms with Crippen molar-refractivity contribution in [1.29, 1.82) is 0 Å². The van der Waals surface area contributed by atoms with Crippen LogP contribution in [0.2, 0.25) is 0 Å². The van der Waals surface area contributed by atoms with E-state index in [1.54, 1.807) is 17.9 Å². The third-order valence-corrected chi connectivity index (χ3v) is 3.41. The molecule has 1 aromatic carbocycles. The molecule has 1 aromatic rings. The van der Waals surface area contributed by atoms with E-state index in [-0.39, 0.29) is 17.8 Å². The van der Waals surface area contributed by atoms with Crippen LogP contribution < -0.4 is 4.90 Å². The van der Waals surface area contributed by atoms with E-state index in [1.807, 2.05) is 6.92 Å². The lowest BCUT2D eigenvalue weighted by atomic mass is 9.87. The highest BCUT2D eigenvalue weighted by Crippen LogP contribution is 2.34. The van der Waals surface area contributed by atoms with Gasteiger partial charge in [-0.15, -0.1) is 0 Å². The summed E-state index contributed by atoms with van der Waals surface area (Å²) in [5.41, 5.74) is 1.79. The zero-order valence-electron chi connectivity index (χ0n) is 9.83. The van der Waals surface area contributed by atoms with Crippen LogP contribution in [0.1, 0.15) is 26.3 Å². The number of anilines is 1. The van der Waals surface area contributed by atoms with Crippen molar-refractivity contribution in [2.45, 2.75) is 33.2 Å². The molecule has 2 nitrogen and oxygen atoms in total. The number of benzene rings is 1. The number of halogens is 1. The van der Waals surface area contributed by atoms with Crippen molar-refractivity contribution in [3.63, 3.8) is 0 Å². The van der Waals surface area contributed by atoms with Crippen molar-refractivity contribution < 1.29 is 9.18 Å². The highest BCUT2D eigenvalue weighted by atomic mass is 19.1. The second kappa shape index (κ2) is 3.89. The summed E-state index contributed by atoms with van der Waals surface area (Å²) in [5.74, 6) is 0.147. The summed E-state index contributed by atoms with van der Waals surface area (Å²) in [6.45, 7) is 5.69. The highest BCUT2D eigenvalue weighted by molar-refractivity contribution is 5.93. The molecule has 0 N–H and O–H groups in total. The molecule has 0 spiro atoms. The number of hydrogen-bond acceptors (Lipinski definition) is 1. The molecular weight excluding hydrogens is 205 g/mol. The molecule has 0 aliphatic carbocycles. The van der Waals surface area contributed by atoms with Crippen LogP contribution in [0, 0.1) is 11.7 Å². The summed E-state index contributed by atoms with van der Waals surface area (Å²) in [4.78, 5) is 13.4. The summed E-state index contributed by atoms with van der Waals surface area (Å²) >= 11 is 0.